The Morgan fingerprint density at radius 2 is 2.13 bits per heavy atom. The molecule has 0 bridgehead atoms. The summed E-state index contributed by atoms with van der Waals surface area (Å²) in [6.45, 7) is 4.41. The minimum atomic E-state index is 0.511. The molecule has 0 aliphatic heterocycles. The van der Waals surface area contributed by atoms with Crippen molar-refractivity contribution in [2.75, 3.05) is 5.73 Å². The van der Waals surface area contributed by atoms with E-state index in [1.54, 1.807) is 11.3 Å². The fourth-order valence-corrected chi connectivity index (χ4v) is 3.38. The highest BCUT2D eigenvalue weighted by molar-refractivity contribution is 7.15. The van der Waals surface area contributed by atoms with Gasteiger partial charge in [-0.1, -0.05) is 26.7 Å². The smallest absolute Gasteiger partial charge is 0.110 e. The highest BCUT2D eigenvalue weighted by Crippen LogP contribution is 2.39. The van der Waals surface area contributed by atoms with Crippen LogP contribution in [-0.4, -0.2) is 4.98 Å². The summed E-state index contributed by atoms with van der Waals surface area (Å²) in [6.07, 6.45) is 6.48. The van der Waals surface area contributed by atoms with Crippen molar-refractivity contribution in [2.24, 2.45) is 0 Å². The molecule has 1 aromatic rings. The molecular weight excluding hydrogens is 204 g/mol. The summed E-state index contributed by atoms with van der Waals surface area (Å²) in [6, 6.07) is 0. The Morgan fingerprint density at radius 3 is 2.73 bits per heavy atom. The zero-order valence-corrected chi connectivity index (χ0v) is 10.4. The number of nitrogens with zero attached hydrogens (tertiary/aromatic N) is 1. The molecule has 1 atom stereocenters. The number of nitrogens with two attached hydrogens (primary N) is 1. The van der Waals surface area contributed by atoms with E-state index >= 15 is 0 Å². The van der Waals surface area contributed by atoms with Crippen molar-refractivity contribution in [2.45, 2.75) is 57.8 Å². The first-order valence-corrected chi connectivity index (χ1v) is 6.80. The summed E-state index contributed by atoms with van der Waals surface area (Å²) in [5, 5.41) is 2.24. The lowest BCUT2D eigenvalue weighted by atomic mass is 10.1. The van der Waals surface area contributed by atoms with E-state index in [2.05, 4.69) is 13.8 Å². The average molecular weight is 224 g/mol. The predicted molar refractivity (Wildman–Crippen MR) is 66.4 cm³/mol. The fraction of sp³-hybridized carbons (Fsp3) is 0.750. The van der Waals surface area contributed by atoms with Gasteiger partial charge >= 0.3 is 0 Å². The lowest BCUT2D eigenvalue weighted by molar-refractivity contribution is 0.682. The molecule has 0 amide bonds. The summed E-state index contributed by atoms with van der Waals surface area (Å²) in [5.74, 6) is 1.21. The Morgan fingerprint density at radius 1 is 1.47 bits per heavy atom. The Hall–Kier alpha value is -0.570. The van der Waals surface area contributed by atoms with E-state index in [1.807, 2.05) is 0 Å². The van der Waals surface area contributed by atoms with Crippen LogP contribution < -0.4 is 5.73 Å². The quantitative estimate of drug-likeness (QED) is 0.845. The predicted octanol–water partition coefficient (Wildman–Crippen LogP) is 3.90. The van der Waals surface area contributed by atoms with E-state index in [1.165, 1.54) is 30.7 Å². The summed E-state index contributed by atoms with van der Waals surface area (Å²) < 4.78 is 0. The van der Waals surface area contributed by atoms with Gasteiger partial charge in [-0.15, -0.1) is 11.3 Å². The molecule has 0 spiro atoms. The van der Waals surface area contributed by atoms with Crippen LogP contribution in [0.15, 0.2) is 0 Å². The molecule has 1 saturated carbocycles. The van der Waals surface area contributed by atoms with Crippen LogP contribution in [0.1, 0.15) is 68.5 Å². The molecule has 3 heteroatoms. The standard InChI is InChI=1S/C12H20N2S/c1-3-8(2)10-11(13)15-12(14-10)9-6-4-5-7-9/h8-9H,3-7,13H2,1-2H3. The molecule has 2 nitrogen and oxygen atoms in total. The maximum atomic E-state index is 6.04. The van der Waals surface area contributed by atoms with Crippen molar-refractivity contribution in [1.82, 2.24) is 4.98 Å². The average Bonchev–Trinajstić information content (AvgIpc) is 2.84. The van der Waals surface area contributed by atoms with Gasteiger partial charge < -0.3 is 5.73 Å². The summed E-state index contributed by atoms with van der Waals surface area (Å²) in [5.41, 5.74) is 7.18. The Bertz CT molecular complexity index is 326. The van der Waals surface area contributed by atoms with Gasteiger partial charge in [0, 0.05) is 11.8 Å². The van der Waals surface area contributed by atoms with Crippen molar-refractivity contribution in [3.8, 4) is 0 Å². The minimum Gasteiger partial charge on any atom is -0.389 e. The lowest BCUT2D eigenvalue weighted by Crippen LogP contribution is -1.97. The molecule has 84 valence electrons. The second-order valence-electron chi connectivity index (χ2n) is 4.59. The number of anilines is 1. The number of thiazole rings is 1. The van der Waals surface area contributed by atoms with Gasteiger partial charge in [-0.2, -0.15) is 0 Å². The topological polar surface area (TPSA) is 38.9 Å². The van der Waals surface area contributed by atoms with E-state index in [0.717, 1.165) is 17.1 Å². The molecule has 1 aliphatic carbocycles. The van der Waals surface area contributed by atoms with Crippen LogP contribution in [0.5, 0.6) is 0 Å². The van der Waals surface area contributed by atoms with Gasteiger partial charge in [-0.05, 0) is 19.3 Å². The van der Waals surface area contributed by atoms with E-state index in [-0.39, 0.29) is 0 Å². The van der Waals surface area contributed by atoms with Crippen LogP contribution in [0, 0.1) is 0 Å². The van der Waals surface area contributed by atoms with Crippen LogP contribution in [0.3, 0.4) is 0 Å². The number of aromatic nitrogens is 1. The van der Waals surface area contributed by atoms with E-state index in [0.29, 0.717) is 11.8 Å². The van der Waals surface area contributed by atoms with Crippen LogP contribution >= 0.6 is 11.3 Å². The zero-order chi connectivity index (χ0) is 10.8. The Balaban J connectivity index is 2.20. The van der Waals surface area contributed by atoms with Crippen LogP contribution in [0.25, 0.3) is 0 Å². The van der Waals surface area contributed by atoms with Gasteiger partial charge in [-0.25, -0.2) is 4.98 Å². The number of nitrogen functional groups attached to an aromatic ring is 1. The van der Waals surface area contributed by atoms with Gasteiger partial charge in [0.05, 0.1) is 10.7 Å². The van der Waals surface area contributed by atoms with Gasteiger partial charge in [0.2, 0.25) is 0 Å². The largest absolute Gasteiger partial charge is 0.389 e. The Kier molecular flexibility index (Phi) is 3.29. The molecule has 2 rings (SSSR count). The first-order chi connectivity index (χ1) is 7.22. The first-order valence-electron chi connectivity index (χ1n) is 5.98. The fourth-order valence-electron chi connectivity index (χ4n) is 2.26. The van der Waals surface area contributed by atoms with E-state index < -0.39 is 0 Å². The lowest BCUT2D eigenvalue weighted by Gasteiger charge is -2.05. The SMILES string of the molecule is CCC(C)c1nc(C2CCCC2)sc1N. The molecule has 0 radical (unpaired) electrons. The van der Waals surface area contributed by atoms with Crippen molar-refractivity contribution in [3.63, 3.8) is 0 Å². The van der Waals surface area contributed by atoms with Crippen LogP contribution in [-0.2, 0) is 0 Å². The summed E-state index contributed by atoms with van der Waals surface area (Å²) >= 11 is 1.72. The van der Waals surface area contributed by atoms with Gasteiger partial charge in [-0.3, -0.25) is 0 Å². The molecule has 15 heavy (non-hydrogen) atoms. The summed E-state index contributed by atoms with van der Waals surface area (Å²) in [7, 11) is 0. The molecule has 0 aromatic carbocycles. The second kappa shape index (κ2) is 4.52. The van der Waals surface area contributed by atoms with Gasteiger partial charge in [0.25, 0.3) is 0 Å². The maximum Gasteiger partial charge on any atom is 0.110 e. The van der Waals surface area contributed by atoms with Gasteiger partial charge in [0.1, 0.15) is 5.00 Å². The third-order valence-electron chi connectivity index (χ3n) is 3.48. The maximum absolute atomic E-state index is 6.04. The number of rotatable bonds is 3. The highest BCUT2D eigenvalue weighted by atomic mass is 32.1. The molecule has 0 saturated heterocycles. The van der Waals surface area contributed by atoms with Crippen molar-refractivity contribution in [1.29, 1.82) is 0 Å². The van der Waals surface area contributed by atoms with Crippen LogP contribution in [0.2, 0.25) is 0 Å². The zero-order valence-electron chi connectivity index (χ0n) is 9.62. The molecule has 1 unspecified atom stereocenters. The summed E-state index contributed by atoms with van der Waals surface area (Å²) in [4.78, 5) is 4.76. The van der Waals surface area contributed by atoms with Crippen molar-refractivity contribution >= 4 is 16.3 Å². The molecular formula is C12H20N2S. The molecule has 2 N–H and O–H groups in total. The molecule has 1 heterocycles. The monoisotopic (exact) mass is 224 g/mol. The minimum absolute atomic E-state index is 0.511. The number of hydrogen-bond acceptors (Lipinski definition) is 3. The van der Waals surface area contributed by atoms with Crippen molar-refractivity contribution < 1.29 is 0 Å². The highest BCUT2D eigenvalue weighted by Gasteiger charge is 2.23. The van der Waals surface area contributed by atoms with E-state index in [4.69, 9.17) is 10.7 Å². The second-order valence-corrected chi connectivity index (χ2v) is 5.65. The third kappa shape index (κ3) is 2.17. The third-order valence-corrected chi connectivity index (χ3v) is 4.54. The first kappa shape index (κ1) is 10.9. The molecule has 1 aliphatic rings. The number of hydrogen-bond donors (Lipinski definition) is 1. The van der Waals surface area contributed by atoms with Crippen LogP contribution in [0.4, 0.5) is 5.00 Å². The normalized spacial score (nSPS) is 19.6. The van der Waals surface area contributed by atoms with E-state index in [9.17, 15) is 0 Å². The molecule has 1 fully saturated rings. The van der Waals surface area contributed by atoms with Gasteiger partial charge in [0.15, 0.2) is 0 Å². The molecule has 1 aromatic heterocycles. The Labute approximate surface area is 95.9 Å². The van der Waals surface area contributed by atoms with Crippen molar-refractivity contribution in [3.05, 3.63) is 10.7 Å².